The van der Waals surface area contributed by atoms with E-state index in [2.05, 4.69) is 20.5 Å². The van der Waals surface area contributed by atoms with Crippen molar-refractivity contribution in [3.05, 3.63) is 18.2 Å². The van der Waals surface area contributed by atoms with E-state index in [1.807, 2.05) is 0 Å². The molecule has 0 spiro atoms. The van der Waals surface area contributed by atoms with Crippen LogP contribution in [0.4, 0.5) is 5.82 Å². The summed E-state index contributed by atoms with van der Waals surface area (Å²) in [5.74, 6) is 1.78. The molecular weight excluding hydrogens is 254 g/mol. The van der Waals surface area contributed by atoms with Crippen molar-refractivity contribution in [2.24, 2.45) is 0 Å². The van der Waals surface area contributed by atoms with Crippen LogP contribution in [0.5, 0.6) is 0 Å². The lowest BCUT2D eigenvalue weighted by molar-refractivity contribution is 0.0404. The number of rotatable bonds is 2. The van der Waals surface area contributed by atoms with Crippen LogP contribution in [-0.4, -0.2) is 54.8 Å². The third kappa shape index (κ3) is 1.64. The Balaban J connectivity index is 2.08. The fraction of sp³-hybridized carbons (Fsp3) is 0.500. The summed E-state index contributed by atoms with van der Waals surface area (Å²) in [6, 6.07) is 0. The van der Waals surface area contributed by atoms with Crippen molar-refractivity contribution in [3.63, 3.8) is 0 Å². The first-order chi connectivity index (χ1) is 8.72. The Morgan fingerprint density at radius 2 is 2.28 bits per heavy atom. The zero-order chi connectivity index (χ0) is 12.7. The standard InChI is InChI=1S/C10H13N5O2S/c1-11-8-10-14-13-9(15(10)3-2-12-8)7-6(17)5(16)4-18-7/h2-3,5-7,16-17H,4H2,1H3,(H,11,12)/t5-,6-,7-/m1/s1. The Bertz CT molecular complexity index is 574. The minimum Gasteiger partial charge on any atom is -0.390 e. The fourth-order valence-electron chi connectivity index (χ4n) is 2.04. The first kappa shape index (κ1) is 11.7. The van der Waals surface area contributed by atoms with Gasteiger partial charge in [-0.25, -0.2) is 4.98 Å². The molecule has 7 nitrogen and oxygen atoms in total. The van der Waals surface area contributed by atoms with Crippen LogP contribution in [0.2, 0.25) is 0 Å². The van der Waals surface area contributed by atoms with Crippen LogP contribution in [0.3, 0.4) is 0 Å². The van der Waals surface area contributed by atoms with Gasteiger partial charge in [0.05, 0.1) is 17.5 Å². The first-order valence-corrected chi connectivity index (χ1v) is 6.62. The van der Waals surface area contributed by atoms with Crippen molar-refractivity contribution in [2.75, 3.05) is 18.1 Å². The number of aromatic nitrogens is 4. The number of hydrogen-bond acceptors (Lipinski definition) is 7. The molecule has 0 aliphatic carbocycles. The minimum atomic E-state index is -0.811. The molecule has 0 bridgehead atoms. The zero-order valence-corrected chi connectivity index (χ0v) is 10.5. The van der Waals surface area contributed by atoms with Crippen molar-refractivity contribution < 1.29 is 10.2 Å². The van der Waals surface area contributed by atoms with Gasteiger partial charge in [0.1, 0.15) is 0 Å². The Labute approximate surface area is 107 Å². The average Bonchev–Trinajstić information content (AvgIpc) is 2.94. The highest BCUT2D eigenvalue weighted by atomic mass is 32.2. The van der Waals surface area contributed by atoms with Crippen molar-refractivity contribution >= 4 is 23.2 Å². The third-order valence-electron chi connectivity index (χ3n) is 3.00. The van der Waals surface area contributed by atoms with E-state index < -0.39 is 12.2 Å². The van der Waals surface area contributed by atoms with Crippen molar-refractivity contribution in [2.45, 2.75) is 17.5 Å². The predicted octanol–water partition coefficient (Wildman–Crippen LogP) is -0.324. The lowest BCUT2D eigenvalue weighted by Gasteiger charge is -2.13. The SMILES string of the molecule is CNc1nccn2c([C@@H]3SC[C@@H](O)[C@H]3O)nnc12. The van der Waals surface area contributed by atoms with E-state index in [1.54, 1.807) is 23.8 Å². The van der Waals surface area contributed by atoms with E-state index in [0.717, 1.165) is 0 Å². The van der Waals surface area contributed by atoms with Crippen LogP contribution < -0.4 is 5.32 Å². The largest absolute Gasteiger partial charge is 0.390 e. The molecule has 18 heavy (non-hydrogen) atoms. The molecule has 3 rings (SSSR count). The number of nitrogens with one attached hydrogen (secondary N) is 1. The minimum absolute atomic E-state index is 0.262. The Kier molecular flexibility index (Phi) is 2.84. The summed E-state index contributed by atoms with van der Waals surface area (Å²) in [7, 11) is 1.76. The number of nitrogens with zero attached hydrogens (tertiary/aromatic N) is 4. The molecule has 0 saturated carbocycles. The first-order valence-electron chi connectivity index (χ1n) is 5.57. The lowest BCUT2D eigenvalue weighted by atomic mass is 10.1. The molecule has 0 radical (unpaired) electrons. The smallest absolute Gasteiger partial charge is 0.203 e. The van der Waals surface area contributed by atoms with Gasteiger partial charge in [0, 0.05) is 25.2 Å². The van der Waals surface area contributed by atoms with Crippen molar-refractivity contribution in [1.82, 2.24) is 19.6 Å². The molecule has 8 heteroatoms. The molecule has 1 aliphatic heterocycles. The molecule has 3 heterocycles. The summed E-state index contributed by atoms with van der Waals surface area (Å²) >= 11 is 1.48. The zero-order valence-electron chi connectivity index (χ0n) is 9.69. The Morgan fingerprint density at radius 3 is 2.94 bits per heavy atom. The molecule has 1 saturated heterocycles. The molecule has 0 amide bonds. The predicted molar refractivity (Wildman–Crippen MR) is 67.5 cm³/mol. The molecule has 2 aromatic rings. The second kappa shape index (κ2) is 4.38. The number of aliphatic hydroxyl groups is 2. The summed E-state index contributed by atoms with van der Waals surface area (Å²) in [6.07, 6.45) is 1.88. The summed E-state index contributed by atoms with van der Waals surface area (Å²) in [5, 5.41) is 30.4. The van der Waals surface area contributed by atoms with Crippen molar-refractivity contribution in [1.29, 1.82) is 0 Å². The monoisotopic (exact) mass is 267 g/mol. The molecule has 1 aliphatic rings. The van der Waals surface area contributed by atoms with E-state index in [-0.39, 0.29) is 5.25 Å². The summed E-state index contributed by atoms with van der Waals surface area (Å²) < 4.78 is 1.79. The van der Waals surface area contributed by atoms with E-state index >= 15 is 0 Å². The van der Waals surface area contributed by atoms with Crippen LogP contribution in [0.1, 0.15) is 11.1 Å². The van der Waals surface area contributed by atoms with Gasteiger partial charge in [-0.3, -0.25) is 4.40 Å². The number of aliphatic hydroxyl groups excluding tert-OH is 2. The molecule has 2 aromatic heterocycles. The van der Waals surface area contributed by atoms with Gasteiger partial charge < -0.3 is 15.5 Å². The fourth-order valence-corrected chi connectivity index (χ4v) is 3.33. The highest BCUT2D eigenvalue weighted by molar-refractivity contribution is 7.99. The van der Waals surface area contributed by atoms with Gasteiger partial charge in [0.25, 0.3) is 0 Å². The van der Waals surface area contributed by atoms with Gasteiger partial charge in [-0.15, -0.1) is 22.0 Å². The maximum Gasteiger partial charge on any atom is 0.203 e. The van der Waals surface area contributed by atoms with Crippen LogP contribution in [0.15, 0.2) is 12.4 Å². The van der Waals surface area contributed by atoms with Crippen LogP contribution >= 0.6 is 11.8 Å². The molecule has 96 valence electrons. The number of anilines is 1. The highest BCUT2D eigenvalue weighted by Crippen LogP contribution is 2.39. The molecule has 0 unspecified atom stereocenters. The second-order valence-corrected chi connectivity index (χ2v) is 5.26. The van der Waals surface area contributed by atoms with Gasteiger partial charge in [-0.05, 0) is 0 Å². The van der Waals surface area contributed by atoms with Gasteiger partial charge in [0.2, 0.25) is 5.65 Å². The molecule has 1 fully saturated rings. The Hall–Kier alpha value is -1.38. The normalized spacial score (nSPS) is 27.8. The second-order valence-electron chi connectivity index (χ2n) is 4.09. The molecule has 3 atom stereocenters. The van der Waals surface area contributed by atoms with Gasteiger partial charge in [-0.2, -0.15) is 0 Å². The van der Waals surface area contributed by atoms with E-state index in [4.69, 9.17) is 0 Å². The van der Waals surface area contributed by atoms with Crippen molar-refractivity contribution in [3.8, 4) is 0 Å². The lowest BCUT2D eigenvalue weighted by Crippen LogP contribution is -2.25. The quantitative estimate of drug-likeness (QED) is 0.686. The summed E-state index contributed by atoms with van der Waals surface area (Å²) in [4.78, 5) is 4.15. The van der Waals surface area contributed by atoms with E-state index in [0.29, 0.717) is 23.0 Å². The third-order valence-corrected chi connectivity index (χ3v) is 4.38. The van der Waals surface area contributed by atoms with Crippen LogP contribution in [0, 0.1) is 0 Å². The molecule has 0 aromatic carbocycles. The summed E-state index contributed by atoms with van der Waals surface area (Å²) in [6.45, 7) is 0. The maximum atomic E-state index is 9.93. The van der Waals surface area contributed by atoms with Gasteiger partial charge >= 0.3 is 0 Å². The molecular formula is C10H13N5O2S. The van der Waals surface area contributed by atoms with Gasteiger partial charge in [0.15, 0.2) is 11.6 Å². The van der Waals surface area contributed by atoms with Crippen LogP contribution in [-0.2, 0) is 0 Å². The summed E-state index contributed by atoms with van der Waals surface area (Å²) in [5.41, 5.74) is 0.615. The van der Waals surface area contributed by atoms with E-state index in [1.165, 1.54) is 11.8 Å². The van der Waals surface area contributed by atoms with Crippen LogP contribution in [0.25, 0.3) is 5.65 Å². The number of thioether (sulfide) groups is 1. The number of fused-ring (bicyclic) bond motifs is 1. The average molecular weight is 267 g/mol. The molecule has 3 N–H and O–H groups in total. The Morgan fingerprint density at radius 1 is 1.44 bits per heavy atom. The maximum absolute atomic E-state index is 9.93. The topological polar surface area (TPSA) is 95.6 Å². The van der Waals surface area contributed by atoms with E-state index in [9.17, 15) is 10.2 Å². The van der Waals surface area contributed by atoms with Gasteiger partial charge in [-0.1, -0.05) is 0 Å². The highest BCUT2D eigenvalue weighted by Gasteiger charge is 2.38. The number of hydrogen-bond donors (Lipinski definition) is 3.